The molecule has 0 radical (unpaired) electrons. The van der Waals surface area contributed by atoms with Crippen LogP contribution in [-0.4, -0.2) is 57.3 Å². The molecule has 1 amide bonds. The van der Waals surface area contributed by atoms with Gasteiger partial charge in [0.25, 0.3) is 10.0 Å². The van der Waals surface area contributed by atoms with Crippen molar-refractivity contribution in [3.8, 4) is 0 Å². The van der Waals surface area contributed by atoms with Crippen molar-refractivity contribution in [1.29, 1.82) is 0 Å². The highest BCUT2D eigenvalue weighted by molar-refractivity contribution is 7.90. The number of fused-ring (bicyclic) bond motifs is 1. The van der Waals surface area contributed by atoms with Gasteiger partial charge in [-0.1, -0.05) is 46.2 Å². The highest BCUT2D eigenvalue weighted by atomic mass is 32.2. The fraction of sp³-hybridized carbons (Fsp3) is 0.652. The van der Waals surface area contributed by atoms with Crippen molar-refractivity contribution >= 4 is 21.8 Å². The number of aliphatic imine (C=N–C) groups is 1. The first-order valence-corrected chi connectivity index (χ1v) is 12.9. The van der Waals surface area contributed by atoms with E-state index in [9.17, 15) is 13.2 Å². The zero-order chi connectivity index (χ0) is 22.6. The SMILES string of the molecule is CC[C@H](C)[C@H](N=C1NS(=O)(=O)c2ccccc21)C(=O)NCCCN1CC(C)CC(C)C1. The van der Waals surface area contributed by atoms with Crippen LogP contribution in [-0.2, 0) is 14.8 Å². The fourth-order valence-electron chi connectivity index (χ4n) is 4.63. The van der Waals surface area contributed by atoms with Gasteiger partial charge in [0.05, 0.1) is 4.90 Å². The van der Waals surface area contributed by atoms with Gasteiger partial charge < -0.3 is 10.2 Å². The van der Waals surface area contributed by atoms with E-state index in [0.29, 0.717) is 12.1 Å². The van der Waals surface area contributed by atoms with E-state index in [2.05, 4.69) is 33.8 Å². The number of piperidine rings is 1. The largest absolute Gasteiger partial charge is 0.354 e. The van der Waals surface area contributed by atoms with E-state index in [1.807, 2.05) is 13.8 Å². The Hall–Kier alpha value is -1.93. The number of amides is 1. The van der Waals surface area contributed by atoms with Crippen LogP contribution in [0.4, 0.5) is 0 Å². The normalized spacial score (nSPS) is 26.1. The summed E-state index contributed by atoms with van der Waals surface area (Å²) in [5.41, 5.74) is 0.525. The number of carbonyl (C=O) groups is 1. The second-order valence-electron chi connectivity index (χ2n) is 9.26. The van der Waals surface area contributed by atoms with Gasteiger partial charge >= 0.3 is 0 Å². The van der Waals surface area contributed by atoms with Crippen molar-refractivity contribution in [3.05, 3.63) is 29.8 Å². The molecule has 2 heterocycles. The number of likely N-dealkylation sites (tertiary alicyclic amines) is 1. The Morgan fingerprint density at radius 1 is 1.26 bits per heavy atom. The molecule has 0 bridgehead atoms. The van der Waals surface area contributed by atoms with Crippen molar-refractivity contribution in [1.82, 2.24) is 14.9 Å². The molecule has 2 aliphatic heterocycles. The first-order chi connectivity index (χ1) is 14.7. The molecule has 31 heavy (non-hydrogen) atoms. The van der Waals surface area contributed by atoms with Crippen molar-refractivity contribution in [2.45, 2.75) is 57.9 Å². The fourth-order valence-corrected chi connectivity index (χ4v) is 5.87. The highest BCUT2D eigenvalue weighted by Crippen LogP contribution is 2.24. The third-order valence-electron chi connectivity index (χ3n) is 6.28. The minimum absolute atomic E-state index is 0.00596. The first kappa shape index (κ1) is 23.7. The smallest absolute Gasteiger partial charge is 0.263 e. The molecule has 2 unspecified atom stereocenters. The number of hydrogen-bond donors (Lipinski definition) is 2. The van der Waals surface area contributed by atoms with E-state index >= 15 is 0 Å². The summed E-state index contributed by atoms with van der Waals surface area (Å²) >= 11 is 0. The molecule has 4 atom stereocenters. The number of nitrogens with zero attached hydrogens (tertiary/aromatic N) is 2. The van der Waals surface area contributed by atoms with Gasteiger partial charge in [0, 0.05) is 25.2 Å². The maximum atomic E-state index is 13.0. The Morgan fingerprint density at radius 3 is 2.61 bits per heavy atom. The van der Waals surface area contributed by atoms with Gasteiger partial charge in [0.1, 0.15) is 11.9 Å². The van der Waals surface area contributed by atoms with Crippen LogP contribution in [0, 0.1) is 17.8 Å². The lowest BCUT2D eigenvalue weighted by molar-refractivity contribution is -0.123. The summed E-state index contributed by atoms with van der Waals surface area (Å²) in [5, 5.41) is 3.03. The van der Waals surface area contributed by atoms with Crippen molar-refractivity contribution < 1.29 is 13.2 Å². The van der Waals surface area contributed by atoms with Crippen LogP contribution in [0.1, 0.15) is 52.5 Å². The molecule has 7 nitrogen and oxygen atoms in total. The molecule has 1 saturated heterocycles. The van der Waals surface area contributed by atoms with Crippen molar-refractivity contribution in [2.75, 3.05) is 26.2 Å². The summed E-state index contributed by atoms with van der Waals surface area (Å²) in [6.45, 7) is 12.4. The summed E-state index contributed by atoms with van der Waals surface area (Å²) in [6.07, 6.45) is 2.95. The van der Waals surface area contributed by atoms with Crippen LogP contribution in [0.2, 0.25) is 0 Å². The minimum atomic E-state index is -3.62. The van der Waals surface area contributed by atoms with Crippen LogP contribution in [0.25, 0.3) is 0 Å². The summed E-state index contributed by atoms with van der Waals surface area (Å²) in [7, 11) is -3.62. The Morgan fingerprint density at radius 2 is 1.94 bits per heavy atom. The lowest BCUT2D eigenvalue weighted by Crippen LogP contribution is -2.42. The summed E-state index contributed by atoms with van der Waals surface area (Å²) in [5.74, 6) is 1.55. The minimum Gasteiger partial charge on any atom is -0.354 e. The lowest BCUT2D eigenvalue weighted by Gasteiger charge is -2.35. The van der Waals surface area contributed by atoms with E-state index in [4.69, 9.17) is 0 Å². The Bertz CT molecular complexity index is 905. The van der Waals surface area contributed by atoms with Gasteiger partial charge in [-0.3, -0.25) is 14.5 Å². The second kappa shape index (κ2) is 10.1. The van der Waals surface area contributed by atoms with Crippen LogP contribution >= 0.6 is 0 Å². The second-order valence-corrected chi connectivity index (χ2v) is 10.9. The Kier molecular flexibility index (Phi) is 7.75. The zero-order valence-corrected chi connectivity index (χ0v) is 19.9. The van der Waals surface area contributed by atoms with Crippen LogP contribution in [0.5, 0.6) is 0 Å². The summed E-state index contributed by atoms with van der Waals surface area (Å²) < 4.78 is 27.2. The maximum absolute atomic E-state index is 13.0. The van der Waals surface area contributed by atoms with E-state index in [-0.39, 0.29) is 22.6 Å². The molecule has 1 aromatic carbocycles. The average Bonchev–Trinajstić information content (AvgIpc) is 2.98. The molecular formula is C23H36N4O3S. The van der Waals surface area contributed by atoms with E-state index in [1.54, 1.807) is 24.3 Å². The highest BCUT2D eigenvalue weighted by Gasteiger charge is 2.33. The molecule has 1 fully saturated rings. The predicted molar refractivity (Wildman–Crippen MR) is 124 cm³/mol. The first-order valence-electron chi connectivity index (χ1n) is 11.4. The quantitative estimate of drug-likeness (QED) is 0.598. The van der Waals surface area contributed by atoms with E-state index < -0.39 is 16.1 Å². The van der Waals surface area contributed by atoms with Gasteiger partial charge in [-0.2, -0.15) is 0 Å². The molecule has 8 heteroatoms. The molecular weight excluding hydrogens is 412 g/mol. The van der Waals surface area contributed by atoms with E-state index in [0.717, 1.165) is 44.3 Å². The number of sulfonamides is 1. The summed E-state index contributed by atoms with van der Waals surface area (Å²) in [4.78, 5) is 20.2. The van der Waals surface area contributed by atoms with Gasteiger partial charge in [-0.25, -0.2) is 8.42 Å². The van der Waals surface area contributed by atoms with Crippen LogP contribution < -0.4 is 10.0 Å². The zero-order valence-electron chi connectivity index (χ0n) is 19.1. The molecule has 3 rings (SSSR count). The van der Waals surface area contributed by atoms with Crippen molar-refractivity contribution in [3.63, 3.8) is 0 Å². The molecule has 2 aliphatic rings. The molecule has 0 spiro atoms. The molecule has 1 aromatic rings. The third kappa shape index (κ3) is 5.86. The molecule has 172 valence electrons. The van der Waals surface area contributed by atoms with Gasteiger partial charge in [-0.15, -0.1) is 0 Å². The number of rotatable bonds is 8. The third-order valence-corrected chi connectivity index (χ3v) is 7.67. The molecule has 0 aliphatic carbocycles. The number of carbonyl (C=O) groups excluding carboxylic acids is 1. The number of nitrogens with one attached hydrogen (secondary N) is 2. The van der Waals surface area contributed by atoms with Crippen LogP contribution in [0.3, 0.4) is 0 Å². The lowest BCUT2D eigenvalue weighted by atomic mass is 9.92. The standard InChI is InChI=1S/C23H36N4O3S/c1-5-18(4)21(25-22-19-9-6-7-10-20(19)31(29,30)26-22)23(28)24-11-8-12-27-14-16(2)13-17(3)15-27/h6-7,9-10,16-18,21H,5,8,11-15H2,1-4H3,(H,24,28)(H,25,26)/t16?,17?,18-,21-/m0/s1. The van der Waals surface area contributed by atoms with Crippen molar-refractivity contribution in [2.24, 2.45) is 22.7 Å². The molecule has 0 aromatic heterocycles. The number of benzene rings is 1. The Balaban J connectivity index is 1.62. The molecule has 0 saturated carbocycles. The Labute approximate surface area is 186 Å². The average molecular weight is 449 g/mol. The van der Waals surface area contributed by atoms with Crippen LogP contribution in [0.15, 0.2) is 34.2 Å². The topological polar surface area (TPSA) is 90.9 Å². The number of hydrogen-bond acceptors (Lipinski definition) is 5. The molecule has 2 N–H and O–H groups in total. The van der Waals surface area contributed by atoms with E-state index in [1.165, 1.54) is 6.42 Å². The monoisotopic (exact) mass is 448 g/mol. The predicted octanol–water partition coefficient (Wildman–Crippen LogP) is 2.62. The maximum Gasteiger partial charge on any atom is 0.263 e. The summed E-state index contributed by atoms with van der Waals surface area (Å²) in [6, 6.07) is 6.10. The van der Waals surface area contributed by atoms with Gasteiger partial charge in [-0.05, 0) is 49.3 Å². The van der Waals surface area contributed by atoms with Gasteiger partial charge in [0.2, 0.25) is 5.91 Å². The van der Waals surface area contributed by atoms with Gasteiger partial charge in [0.15, 0.2) is 0 Å². The number of amidine groups is 1.